The molecule has 1 atom stereocenters. The second-order valence-corrected chi connectivity index (χ2v) is 4.46. The SMILES string of the molecule is Cc1cc(NCC2CCCOC2)nnc1C. The molecule has 16 heavy (non-hydrogen) atoms. The molecule has 0 amide bonds. The first kappa shape index (κ1) is 11.3. The Morgan fingerprint density at radius 2 is 2.31 bits per heavy atom. The lowest BCUT2D eigenvalue weighted by Crippen LogP contribution is -2.24. The van der Waals surface area contributed by atoms with Gasteiger partial charge in [0.25, 0.3) is 0 Å². The number of hydrogen-bond donors (Lipinski definition) is 1. The highest BCUT2D eigenvalue weighted by atomic mass is 16.5. The molecule has 1 saturated heterocycles. The van der Waals surface area contributed by atoms with Crippen LogP contribution in [0, 0.1) is 19.8 Å². The number of anilines is 1. The van der Waals surface area contributed by atoms with Crippen LogP contribution < -0.4 is 5.32 Å². The molecule has 2 heterocycles. The van der Waals surface area contributed by atoms with Gasteiger partial charge in [0, 0.05) is 13.2 Å². The van der Waals surface area contributed by atoms with Gasteiger partial charge in [-0.25, -0.2) is 0 Å². The van der Waals surface area contributed by atoms with E-state index in [1.807, 2.05) is 13.0 Å². The number of ether oxygens (including phenoxy) is 1. The molecule has 0 saturated carbocycles. The summed E-state index contributed by atoms with van der Waals surface area (Å²) < 4.78 is 5.44. The maximum Gasteiger partial charge on any atom is 0.148 e. The summed E-state index contributed by atoms with van der Waals surface area (Å²) in [5.74, 6) is 1.48. The zero-order chi connectivity index (χ0) is 11.4. The van der Waals surface area contributed by atoms with Gasteiger partial charge < -0.3 is 10.1 Å². The molecule has 1 aromatic heterocycles. The summed E-state index contributed by atoms with van der Waals surface area (Å²) in [4.78, 5) is 0. The summed E-state index contributed by atoms with van der Waals surface area (Å²) in [5.41, 5.74) is 2.17. The van der Waals surface area contributed by atoms with Crippen molar-refractivity contribution in [3.05, 3.63) is 17.3 Å². The average Bonchev–Trinajstić information content (AvgIpc) is 2.32. The molecule has 0 aromatic carbocycles. The fourth-order valence-electron chi connectivity index (χ4n) is 1.85. The van der Waals surface area contributed by atoms with Crippen LogP contribution in [-0.2, 0) is 4.74 Å². The molecule has 2 rings (SSSR count). The van der Waals surface area contributed by atoms with Crippen LogP contribution in [-0.4, -0.2) is 30.0 Å². The van der Waals surface area contributed by atoms with Crippen LogP contribution in [0.4, 0.5) is 5.82 Å². The molecule has 1 unspecified atom stereocenters. The van der Waals surface area contributed by atoms with Gasteiger partial charge in [0.1, 0.15) is 5.82 Å². The Labute approximate surface area is 96.4 Å². The van der Waals surface area contributed by atoms with Crippen molar-refractivity contribution in [2.24, 2.45) is 5.92 Å². The lowest BCUT2D eigenvalue weighted by molar-refractivity contribution is 0.0594. The number of aromatic nitrogens is 2. The van der Waals surface area contributed by atoms with Crippen LogP contribution in [0.25, 0.3) is 0 Å². The normalized spacial score (nSPS) is 20.8. The lowest BCUT2D eigenvalue weighted by atomic mass is 10.0. The molecule has 1 aromatic rings. The van der Waals surface area contributed by atoms with Gasteiger partial charge in [-0.3, -0.25) is 0 Å². The van der Waals surface area contributed by atoms with E-state index >= 15 is 0 Å². The quantitative estimate of drug-likeness (QED) is 0.847. The van der Waals surface area contributed by atoms with E-state index in [0.717, 1.165) is 31.3 Å². The molecule has 4 heteroatoms. The maximum absolute atomic E-state index is 5.44. The van der Waals surface area contributed by atoms with E-state index in [4.69, 9.17) is 4.74 Å². The van der Waals surface area contributed by atoms with E-state index in [2.05, 4.69) is 22.4 Å². The van der Waals surface area contributed by atoms with Crippen molar-refractivity contribution >= 4 is 5.82 Å². The molecule has 1 N–H and O–H groups in total. The van der Waals surface area contributed by atoms with Crippen LogP contribution in [0.1, 0.15) is 24.1 Å². The molecule has 0 radical (unpaired) electrons. The zero-order valence-electron chi connectivity index (χ0n) is 9.99. The fraction of sp³-hybridized carbons (Fsp3) is 0.667. The summed E-state index contributed by atoms with van der Waals surface area (Å²) in [5, 5.41) is 11.5. The Hall–Kier alpha value is -1.16. The largest absolute Gasteiger partial charge is 0.381 e. The summed E-state index contributed by atoms with van der Waals surface area (Å²) >= 11 is 0. The third-order valence-corrected chi connectivity index (χ3v) is 3.06. The summed E-state index contributed by atoms with van der Waals surface area (Å²) in [6, 6.07) is 2.05. The van der Waals surface area contributed by atoms with E-state index in [0.29, 0.717) is 5.92 Å². The van der Waals surface area contributed by atoms with E-state index in [1.54, 1.807) is 0 Å². The molecular weight excluding hydrogens is 202 g/mol. The van der Waals surface area contributed by atoms with Crippen molar-refractivity contribution in [1.82, 2.24) is 10.2 Å². The number of aryl methyl sites for hydroxylation is 2. The summed E-state index contributed by atoms with van der Waals surface area (Å²) in [7, 11) is 0. The second-order valence-electron chi connectivity index (χ2n) is 4.46. The molecule has 1 fully saturated rings. The van der Waals surface area contributed by atoms with E-state index in [1.165, 1.54) is 18.4 Å². The molecule has 1 aliphatic rings. The summed E-state index contributed by atoms with van der Waals surface area (Å²) in [6.45, 7) is 6.74. The molecule has 1 aliphatic heterocycles. The van der Waals surface area contributed by atoms with Gasteiger partial charge in [-0.15, -0.1) is 5.10 Å². The molecule has 0 bridgehead atoms. The molecular formula is C12H19N3O. The predicted molar refractivity (Wildman–Crippen MR) is 63.5 cm³/mol. The third kappa shape index (κ3) is 2.92. The molecule has 88 valence electrons. The van der Waals surface area contributed by atoms with Gasteiger partial charge in [0.15, 0.2) is 0 Å². The minimum Gasteiger partial charge on any atom is -0.381 e. The molecule has 0 aliphatic carbocycles. The Balaban J connectivity index is 1.86. The average molecular weight is 221 g/mol. The second kappa shape index (κ2) is 5.25. The zero-order valence-corrected chi connectivity index (χ0v) is 9.99. The Morgan fingerprint density at radius 3 is 3.00 bits per heavy atom. The lowest BCUT2D eigenvalue weighted by Gasteiger charge is -2.22. The van der Waals surface area contributed by atoms with Crippen molar-refractivity contribution in [3.63, 3.8) is 0 Å². The first-order valence-corrected chi connectivity index (χ1v) is 5.88. The van der Waals surface area contributed by atoms with Crippen LogP contribution in [0.5, 0.6) is 0 Å². The first-order chi connectivity index (χ1) is 7.75. The van der Waals surface area contributed by atoms with Crippen molar-refractivity contribution in [1.29, 1.82) is 0 Å². The topological polar surface area (TPSA) is 47.0 Å². The van der Waals surface area contributed by atoms with Crippen molar-refractivity contribution in [3.8, 4) is 0 Å². The van der Waals surface area contributed by atoms with Crippen LogP contribution >= 0.6 is 0 Å². The van der Waals surface area contributed by atoms with Gasteiger partial charge in [0.05, 0.1) is 12.3 Å². The van der Waals surface area contributed by atoms with E-state index < -0.39 is 0 Å². The fourth-order valence-corrected chi connectivity index (χ4v) is 1.85. The highest BCUT2D eigenvalue weighted by Gasteiger charge is 2.13. The van der Waals surface area contributed by atoms with Crippen molar-refractivity contribution in [2.75, 3.05) is 25.1 Å². The minimum atomic E-state index is 0.608. The number of hydrogen-bond acceptors (Lipinski definition) is 4. The molecule has 4 nitrogen and oxygen atoms in total. The van der Waals surface area contributed by atoms with Crippen LogP contribution in [0.3, 0.4) is 0 Å². The standard InChI is InChI=1S/C12H19N3O/c1-9-6-12(15-14-10(9)2)13-7-11-4-3-5-16-8-11/h6,11H,3-5,7-8H2,1-2H3,(H,13,15). The summed E-state index contributed by atoms with van der Waals surface area (Å²) in [6.07, 6.45) is 2.41. The number of rotatable bonds is 3. The molecule has 0 spiro atoms. The van der Waals surface area contributed by atoms with Gasteiger partial charge >= 0.3 is 0 Å². The van der Waals surface area contributed by atoms with Crippen molar-refractivity contribution < 1.29 is 4.74 Å². The number of nitrogens with zero attached hydrogens (tertiary/aromatic N) is 2. The van der Waals surface area contributed by atoms with Gasteiger partial charge in [-0.05, 0) is 44.2 Å². The Kier molecular flexibility index (Phi) is 3.72. The number of nitrogens with one attached hydrogen (secondary N) is 1. The van der Waals surface area contributed by atoms with Gasteiger partial charge in [-0.2, -0.15) is 5.10 Å². The third-order valence-electron chi connectivity index (χ3n) is 3.06. The highest BCUT2D eigenvalue weighted by molar-refractivity contribution is 5.37. The van der Waals surface area contributed by atoms with Crippen LogP contribution in [0.15, 0.2) is 6.07 Å². The predicted octanol–water partition coefficient (Wildman–Crippen LogP) is 1.93. The van der Waals surface area contributed by atoms with Gasteiger partial charge in [-0.1, -0.05) is 0 Å². The van der Waals surface area contributed by atoms with Crippen LogP contribution in [0.2, 0.25) is 0 Å². The van der Waals surface area contributed by atoms with Gasteiger partial charge in [0.2, 0.25) is 0 Å². The van der Waals surface area contributed by atoms with E-state index in [9.17, 15) is 0 Å². The highest BCUT2D eigenvalue weighted by Crippen LogP contribution is 2.15. The minimum absolute atomic E-state index is 0.608. The Bertz CT molecular complexity index is 348. The maximum atomic E-state index is 5.44. The van der Waals surface area contributed by atoms with Crippen molar-refractivity contribution in [2.45, 2.75) is 26.7 Å². The first-order valence-electron chi connectivity index (χ1n) is 5.88. The Morgan fingerprint density at radius 1 is 1.44 bits per heavy atom. The smallest absolute Gasteiger partial charge is 0.148 e. The monoisotopic (exact) mass is 221 g/mol. The van der Waals surface area contributed by atoms with E-state index in [-0.39, 0.29) is 0 Å².